The van der Waals surface area contributed by atoms with Crippen LogP contribution in [0.4, 0.5) is 0 Å². The van der Waals surface area contributed by atoms with Crippen LogP contribution in [0.5, 0.6) is 5.75 Å². The van der Waals surface area contributed by atoms with E-state index in [2.05, 4.69) is 20.9 Å². The van der Waals surface area contributed by atoms with Crippen LogP contribution in [0, 0.1) is 0 Å². The lowest BCUT2D eigenvalue weighted by molar-refractivity contribution is 0.338. The molecular formula is C12H13BrN2OS. The minimum Gasteiger partial charge on any atom is -0.492 e. The van der Waals surface area contributed by atoms with E-state index in [4.69, 9.17) is 10.5 Å². The normalized spacial score (nSPS) is 12.4. The summed E-state index contributed by atoms with van der Waals surface area (Å²) in [5.74, 6) is 0.759. The molecule has 0 radical (unpaired) electrons. The van der Waals surface area contributed by atoms with E-state index in [-0.39, 0.29) is 6.04 Å². The standard InChI is InChI=1S/C12H13BrN2OS/c1-2-16-10-3-8(5-15-6-10)12(14)9-4-11(13)17-7-9/h3-7,12H,2,14H2,1H3. The summed E-state index contributed by atoms with van der Waals surface area (Å²) >= 11 is 5.06. The van der Waals surface area contributed by atoms with Gasteiger partial charge in [0.1, 0.15) is 5.75 Å². The molecule has 0 saturated heterocycles. The summed E-state index contributed by atoms with van der Waals surface area (Å²) < 4.78 is 6.49. The topological polar surface area (TPSA) is 48.1 Å². The van der Waals surface area contributed by atoms with Crippen LogP contribution in [0.25, 0.3) is 0 Å². The predicted molar refractivity (Wildman–Crippen MR) is 73.5 cm³/mol. The summed E-state index contributed by atoms with van der Waals surface area (Å²) in [5, 5.41) is 2.04. The second-order valence-corrected chi connectivity index (χ2v) is 5.84. The van der Waals surface area contributed by atoms with Crippen LogP contribution in [0.2, 0.25) is 0 Å². The molecule has 2 rings (SSSR count). The van der Waals surface area contributed by atoms with Crippen LogP contribution in [0.15, 0.2) is 33.7 Å². The molecule has 3 nitrogen and oxygen atoms in total. The zero-order valence-corrected chi connectivity index (χ0v) is 11.8. The summed E-state index contributed by atoms with van der Waals surface area (Å²) in [7, 11) is 0. The van der Waals surface area contributed by atoms with Gasteiger partial charge < -0.3 is 10.5 Å². The molecule has 2 heterocycles. The number of halogens is 1. The highest BCUT2D eigenvalue weighted by atomic mass is 79.9. The number of pyridine rings is 1. The van der Waals surface area contributed by atoms with Crippen molar-refractivity contribution >= 4 is 27.3 Å². The maximum absolute atomic E-state index is 6.18. The molecule has 1 atom stereocenters. The SMILES string of the molecule is CCOc1cncc(C(N)c2csc(Br)c2)c1. The third kappa shape index (κ3) is 3.06. The Kier molecular flexibility index (Phi) is 4.15. The second kappa shape index (κ2) is 5.62. The third-order valence-electron chi connectivity index (χ3n) is 2.35. The minimum absolute atomic E-state index is 0.162. The Bertz CT molecular complexity index is 501. The van der Waals surface area contributed by atoms with Crippen LogP contribution >= 0.6 is 27.3 Å². The second-order valence-electron chi connectivity index (χ2n) is 3.55. The Morgan fingerprint density at radius 3 is 2.88 bits per heavy atom. The van der Waals surface area contributed by atoms with Crippen LogP contribution in [-0.2, 0) is 0 Å². The first-order valence-corrected chi connectivity index (χ1v) is 6.95. The van der Waals surface area contributed by atoms with Crippen molar-refractivity contribution in [3.63, 3.8) is 0 Å². The predicted octanol–water partition coefficient (Wildman–Crippen LogP) is 3.35. The Morgan fingerprint density at radius 1 is 1.41 bits per heavy atom. The molecule has 0 fully saturated rings. The molecule has 90 valence electrons. The van der Waals surface area contributed by atoms with Gasteiger partial charge in [-0.1, -0.05) is 0 Å². The first-order chi connectivity index (χ1) is 8.20. The smallest absolute Gasteiger partial charge is 0.137 e. The zero-order valence-electron chi connectivity index (χ0n) is 9.39. The van der Waals surface area contributed by atoms with Crippen molar-refractivity contribution in [1.29, 1.82) is 0 Å². The maximum atomic E-state index is 6.18. The van der Waals surface area contributed by atoms with Crippen LogP contribution < -0.4 is 10.5 Å². The molecular weight excluding hydrogens is 300 g/mol. The molecule has 0 spiro atoms. The number of aromatic nitrogens is 1. The lowest BCUT2D eigenvalue weighted by Gasteiger charge is -2.11. The Morgan fingerprint density at radius 2 is 2.24 bits per heavy atom. The van der Waals surface area contributed by atoms with Crippen LogP contribution in [0.3, 0.4) is 0 Å². The van der Waals surface area contributed by atoms with Gasteiger partial charge >= 0.3 is 0 Å². The van der Waals surface area contributed by atoms with Crippen molar-refractivity contribution in [1.82, 2.24) is 4.98 Å². The molecule has 0 amide bonds. The van der Waals surface area contributed by atoms with Gasteiger partial charge in [-0.3, -0.25) is 4.98 Å². The average Bonchev–Trinajstić information content (AvgIpc) is 2.76. The highest BCUT2D eigenvalue weighted by Gasteiger charge is 2.11. The Hall–Kier alpha value is -0.910. The van der Waals surface area contributed by atoms with E-state index in [1.54, 1.807) is 23.7 Å². The van der Waals surface area contributed by atoms with E-state index < -0.39 is 0 Å². The number of hydrogen-bond donors (Lipinski definition) is 1. The molecule has 2 aromatic rings. The van der Waals surface area contributed by atoms with Gasteiger partial charge in [0.2, 0.25) is 0 Å². The molecule has 17 heavy (non-hydrogen) atoms. The highest BCUT2D eigenvalue weighted by molar-refractivity contribution is 9.11. The average molecular weight is 313 g/mol. The molecule has 2 aromatic heterocycles. The van der Waals surface area contributed by atoms with Crippen LogP contribution in [0.1, 0.15) is 24.1 Å². The van der Waals surface area contributed by atoms with Crippen molar-refractivity contribution in [2.45, 2.75) is 13.0 Å². The molecule has 0 aliphatic rings. The molecule has 2 N–H and O–H groups in total. The van der Waals surface area contributed by atoms with Crippen molar-refractivity contribution in [2.75, 3.05) is 6.61 Å². The van der Waals surface area contributed by atoms with E-state index in [1.807, 2.05) is 24.4 Å². The Labute approximate surface area is 113 Å². The van der Waals surface area contributed by atoms with Gasteiger partial charge in [0.25, 0.3) is 0 Å². The molecule has 5 heteroatoms. The number of rotatable bonds is 4. The largest absolute Gasteiger partial charge is 0.492 e. The number of thiophene rings is 1. The minimum atomic E-state index is -0.162. The fourth-order valence-electron chi connectivity index (χ4n) is 1.53. The summed E-state index contributed by atoms with van der Waals surface area (Å²) in [4.78, 5) is 4.14. The molecule has 1 unspecified atom stereocenters. The number of hydrogen-bond acceptors (Lipinski definition) is 4. The highest BCUT2D eigenvalue weighted by Crippen LogP contribution is 2.28. The first kappa shape index (κ1) is 12.5. The molecule has 0 aromatic carbocycles. The first-order valence-electron chi connectivity index (χ1n) is 5.28. The Balaban J connectivity index is 2.24. The van der Waals surface area contributed by atoms with E-state index in [0.29, 0.717) is 6.61 Å². The number of nitrogens with zero attached hydrogens (tertiary/aromatic N) is 1. The van der Waals surface area contributed by atoms with Gasteiger partial charge in [-0.05, 0) is 51.5 Å². The van der Waals surface area contributed by atoms with E-state index in [9.17, 15) is 0 Å². The van der Waals surface area contributed by atoms with Crippen molar-refractivity contribution in [3.8, 4) is 5.75 Å². The fourth-order valence-corrected chi connectivity index (χ4v) is 2.74. The third-order valence-corrected chi connectivity index (χ3v) is 3.87. The van der Waals surface area contributed by atoms with Gasteiger partial charge in [0.15, 0.2) is 0 Å². The van der Waals surface area contributed by atoms with Gasteiger partial charge in [-0.2, -0.15) is 0 Å². The zero-order chi connectivity index (χ0) is 12.3. The molecule has 0 aliphatic heterocycles. The monoisotopic (exact) mass is 312 g/mol. The lowest BCUT2D eigenvalue weighted by Crippen LogP contribution is -2.11. The summed E-state index contributed by atoms with van der Waals surface area (Å²) in [6, 6.07) is 3.81. The van der Waals surface area contributed by atoms with Gasteiger partial charge in [-0.25, -0.2) is 0 Å². The van der Waals surface area contributed by atoms with Crippen molar-refractivity contribution in [3.05, 3.63) is 44.8 Å². The maximum Gasteiger partial charge on any atom is 0.137 e. The number of nitrogens with two attached hydrogens (primary N) is 1. The summed E-state index contributed by atoms with van der Waals surface area (Å²) in [6.45, 7) is 2.58. The summed E-state index contributed by atoms with van der Waals surface area (Å²) in [5.41, 5.74) is 8.23. The molecule has 0 bridgehead atoms. The number of ether oxygens (including phenoxy) is 1. The fraction of sp³-hybridized carbons (Fsp3) is 0.250. The van der Waals surface area contributed by atoms with E-state index in [1.165, 1.54) is 0 Å². The van der Waals surface area contributed by atoms with Crippen molar-refractivity contribution in [2.24, 2.45) is 5.73 Å². The van der Waals surface area contributed by atoms with Crippen molar-refractivity contribution < 1.29 is 4.74 Å². The molecule has 0 saturated carbocycles. The van der Waals surface area contributed by atoms with Gasteiger partial charge in [0.05, 0.1) is 22.6 Å². The summed E-state index contributed by atoms with van der Waals surface area (Å²) in [6.07, 6.45) is 3.47. The molecule has 0 aliphatic carbocycles. The van der Waals surface area contributed by atoms with Gasteiger partial charge in [0, 0.05) is 6.20 Å². The quantitative estimate of drug-likeness (QED) is 0.941. The van der Waals surface area contributed by atoms with E-state index >= 15 is 0 Å². The van der Waals surface area contributed by atoms with Gasteiger partial charge in [-0.15, -0.1) is 11.3 Å². The lowest BCUT2D eigenvalue weighted by atomic mass is 10.0. The van der Waals surface area contributed by atoms with Crippen LogP contribution in [-0.4, -0.2) is 11.6 Å². The van der Waals surface area contributed by atoms with E-state index in [0.717, 1.165) is 20.7 Å².